The van der Waals surface area contributed by atoms with Gasteiger partial charge in [0.05, 0.1) is 21.9 Å². The number of rotatable bonds is 4. The average molecular weight is 286 g/mol. The van der Waals surface area contributed by atoms with Crippen molar-refractivity contribution in [2.45, 2.75) is 26.0 Å². The molecule has 2 aromatic rings. The van der Waals surface area contributed by atoms with E-state index in [9.17, 15) is 5.11 Å². The number of hydrogen-bond acceptors (Lipinski definition) is 3. The summed E-state index contributed by atoms with van der Waals surface area (Å²) in [6, 6.07) is 5.05. The second-order valence-electron chi connectivity index (χ2n) is 3.96. The lowest BCUT2D eigenvalue weighted by Gasteiger charge is -2.13. The van der Waals surface area contributed by atoms with Gasteiger partial charge in [0.15, 0.2) is 0 Å². The fourth-order valence-electron chi connectivity index (χ4n) is 1.72. The Bertz CT molecular complexity index is 542. The van der Waals surface area contributed by atoms with Crippen LogP contribution in [0, 0.1) is 0 Å². The highest BCUT2D eigenvalue weighted by molar-refractivity contribution is 6.42. The summed E-state index contributed by atoms with van der Waals surface area (Å²) in [7, 11) is 0. The highest BCUT2D eigenvalue weighted by Gasteiger charge is 2.16. The Morgan fingerprint density at radius 2 is 2.11 bits per heavy atom. The number of benzene rings is 1. The van der Waals surface area contributed by atoms with Gasteiger partial charge in [-0.05, 0) is 24.1 Å². The predicted octanol–water partition coefficient (Wildman–Crippen LogP) is 3.08. The topological polar surface area (TPSA) is 50.9 Å². The van der Waals surface area contributed by atoms with E-state index in [0.717, 1.165) is 6.42 Å². The summed E-state index contributed by atoms with van der Waals surface area (Å²) < 4.78 is 1.69. The van der Waals surface area contributed by atoms with Crippen molar-refractivity contribution in [3.8, 4) is 0 Å². The first-order chi connectivity index (χ1) is 8.63. The molecule has 0 fully saturated rings. The lowest BCUT2D eigenvalue weighted by Crippen LogP contribution is -2.10. The van der Waals surface area contributed by atoms with Crippen LogP contribution in [0.1, 0.15) is 30.7 Å². The number of aliphatic hydroxyl groups is 1. The van der Waals surface area contributed by atoms with Crippen molar-refractivity contribution in [2.75, 3.05) is 0 Å². The Morgan fingerprint density at radius 1 is 1.33 bits per heavy atom. The zero-order chi connectivity index (χ0) is 13.1. The molecular weight excluding hydrogens is 273 g/mol. The third-order valence-electron chi connectivity index (χ3n) is 2.62. The summed E-state index contributed by atoms with van der Waals surface area (Å²) in [5, 5.41) is 18.9. The maximum absolute atomic E-state index is 10.3. The van der Waals surface area contributed by atoms with E-state index in [4.69, 9.17) is 23.2 Å². The fourth-order valence-corrected chi connectivity index (χ4v) is 2.02. The lowest BCUT2D eigenvalue weighted by molar-refractivity contribution is 0.207. The molecule has 0 bridgehead atoms. The molecule has 1 N–H and O–H groups in total. The van der Waals surface area contributed by atoms with Crippen LogP contribution in [0.2, 0.25) is 10.0 Å². The van der Waals surface area contributed by atoms with Crippen molar-refractivity contribution in [1.82, 2.24) is 15.0 Å². The molecule has 1 unspecified atom stereocenters. The molecule has 0 spiro atoms. The maximum Gasteiger partial charge on any atom is 0.122 e. The average Bonchev–Trinajstić information content (AvgIpc) is 2.80. The quantitative estimate of drug-likeness (QED) is 0.939. The van der Waals surface area contributed by atoms with Crippen LogP contribution in [0.5, 0.6) is 0 Å². The predicted molar refractivity (Wildman–Crippen MR) is 70.8 cm³/mol. The Morgan fingerprint density at radius 3 is 2.78 bits per heavy atom. The maximum atomic E-state index is 10.3. The van der Waals surface area contributed by atoms with Crippen LogP contribution in [0.4, 0.5) is 0 Å². The molecular formula is C12H13Cl2N3O. The minimum atomic E-state index is -0.804. The van der Waals surface area contributed by atoms with Crippen LogP contribution >= 0.6 is 23.2 Å². The molecule has 1 aromatic heterocycles. The number of nitrogens with zero attached hydrogens (tertiary/aromatic N) is 3. The summed E-state index contributed by atoms with van der Waals surface area (Å²) in [5.41, 5.74) is 1.32. The van der Waals surface area contributed by atoms with E-state index in [1.165, 1.54) is 0 Å². The first-order valence-electron chi connectivity index (χ1n) is 5.65. The molecule has 6 heteroatoms. The molecule has 1 aromatic carbocycles. The standard InChI is InChI=1S/C12H13Cl2N3O/c1-2-5-17-11(7-15-16-17)12(18)8-3-4-9(13)10(14)6-8/h3-4,6-7,12,18H,2,5H2,1H3. The molecule has 0 aliphatic carbocycles. The van der Waals surface area contributed by atoms with Gasteiger partial charge < -0.3 is 5.11 Å². The number of halogens is 2. The van der Waals surface area contributed by atoms with Crippen molar-refractivity contribution in [1.29, 1.82) is 0 Å². The molecule has 1 atom stereocenters. The first-order valence-corrected chi connectivity index (χ1v) is 6.40. The smallest absolute Gasteiger partial charge is 0.122 e. The Kier molecular flexibility index (Phi) is 4.22. The van der Waals surface area contributed by atoms with Crippen molar-refractivity contribution in [3.05, 3.63) is 45.7 Å². The number of aromatic nitrogens is 3. The summed E-state index contributed by atoms with van der Waals surface area (Å²) in [6.45, 7) is 2.75. The van der Waals surface area contributed by atoms with Crippen molar-refractivity contribution >= 4 is 23.2 Å². The lowest BCUT2D eigenvalue weighted by atomic mass is 10.1. The van der Waals surface area contributed by atoms with E-state index in [-0.39, 0.29) is 0 Å². The van der Waals surface area contributed by atoms with E-state index in [0.29, 0.717) is 27.8 Å². The molecule has 18 heavy (non-hydrogen) atoms. The van der Waals surface area contributed by atoms with Gasteiger partial charge >= 0.3 is 0 Å². The summed E-state index contributed by atoms with van der Waals surface area (Å²) in [5.74, 6) is 0. The largest absolute Gasteiger partial charge is 0.382 e. The van der Waals surface area contributed by atoms with Gasteiger partial charge in [0, 0.05) is 6.54 Å². The molecule has 0 aliphatic heterocycles. The minimum Gasteiger partial charge on any atom is -0.382 e. The normalized spacial score (nSPS) is 12.7. The van der Waals surface area contributed by atoms with E-state index in [1.54, 1.807) is 29.1 Å². The van der Waals surface area contributed by atoms with Gasteiger partial charge in [-0.2, -0.15) is 0 Å². The van der Waals surface area contributed by atoms with Crippen LogP contribution in [0.25, 0.3) is 0 Å². The summed E-state index contributed by atoms with van der Waals surface area (Å²) >= 11 is 11.8. The second-order valence-corrected chi connectivity index (χ2v) is 4.77. The van der Waals surface area contributed by atoms with Crippen LogP contribution in [0.15, 0.2) is 24.4 Å². The van der Waals surface area contributed by atoms with Gasteiger partial charge in [-0.1, -0.05) is 41.4 Å². The Hall–Kier alpha value is -1.10. The van der Waals surface area contributed by atoms with Gasteiger partial charge in [-0.25, -0.2) is 4.68 Å². The Balaban J connectivity index is 2.32. The monoisotopic (exact) mass is 285 g/mol. The van der Waals surface area contributed by atoms with Crippen LogP contribution in [-0.2, 0) is 6.54 Å². The minimum absolute atomic E-state index is 0.419. The molecule has 2 rings (SSSR count). The number of aryl methyl sites for hydroxylation is 1. The zero-order valence-electron chi connectivity index (χ0n) is 9.85. The van der Waals surface area contributed by atoms with E-state index < -0.39 is 6.10 Å². The highest BCUT2D eigenvalue weighted by Crippen LogP contribution is 2.28. The van der Waals surface area contributed by atoms with Gasteiger partial charge in [-0.15, -0.1) is 5.10 Å². The number of aliphatic hydroxyl groups excluding tert-OH is 1. The van der Waals surface area contributed by atoms with E-state index >= 15 is 0 Å². The van der Waals surface area contributed by atoms with Crippen molar-refractivity contribution in [2.24, 2.45) is 0 Å². The van der Waals surface area contributed by atoms with Gasteiger partial charge in [0.1, 0.15) is 6.10 Å². The highest BCUT2D eigenvalue weighted by atomic mass is 35.5. The molecule has 1 heterocycles. The third-order valence-corrected chi connectivity index (χ3v) is 3.36. The summed E-state index contributed by atoms with van der Waals surface area (Å²) in [6.07, 6.45) is 1.68. The van der Waals surface area contributed by atoms with Gasteiger partial charge in [0.2, 0.25) is 0 Å². The molecule has 0 amide bonds. The van der Waals surface area contributed by atoms with Crippen molar-refractivity contribution in [3.63, 3.8) is 0 Å². The van der Waals surface area contributed by atoms with E-state index in [1.807, 2.05) is 6.92 Å². The zero-order valence-corrected chi connectivity index (χ0v) is 11.4. The van der Waals surface area contributed by atoms with Gasteiger partial charge in [-0.3, -0.25) is 0 Å². The number of hydrogen-bond donors (Lipinski definition) is 1. The molecule has 96 valence electrons. The fraction of sp³-hybridized carbons (Fsp3) is 0.333. The van der Waals surface area contributed by atoms with Crippen molar-refractivity contribution < 1.29 is 5.11 Å². The molecule has 0 radical (unpaired) electrons. The summed E-state index contributed by atoms with van der Waals surface area (Å²) in [4.78, 5) is 0. The Labute approximate surface area is 115 Å². The molecule has 0 saturated carbocycles. The first kappa shape index (κ1) is 13.3. The van der Waals surface area contributed by atoms with Gasteiger partial charge in [0.25, 0.3) is 0 Å². The molecule has 4 nitrogen and oxygen atoms in total. The molecule has 0 saturated heterocycles. The van der Waals surface area contributed by atoms with Crippen LogP contribution in [0.3, 0.4) is 0 Å². The SMILES string of the molecule is CCCn1nncc1C(O)c1ccc(Cl)c(Cl)c1. The van der Waals surface area contributed by atoms with E-state index in [2.05, 4.69) is 10.3 Å². The van der Waals surface area contributed by atoms with Crippen LogP contribution in [-0.4, -0.2) is 20.1 Å². The third kappa shape index (κ3) is 2.66. The second kappa shape index (κ2) is 5.69. The van der Waals surface area contributed by atoms with Crippen LogP contribution < -0.4 is 0 Å². The molecule has 0 aliphatic rings.